The minimum absolute atomic E-state index is 0.0300. The van der Waals surface area contributed by atoms with E-state index in [0.717, 1.165) is 31.0 Å². The lowest BCUT2D eigenvalue weighted by Gasteiger charge is -2.50. The molecule has 0 spiro atoms. The highest BCUT2D eigenvalue weighted by atomic mass is 16.5. The molecule has 0 aromatic heterocycles. The van der Waals surface area contributed by atoms with Gasteiger partial charge in [0, 0.05) is 31.3 Å². The van der Waals surface area contributed by atoms with Crippen LogP contribution in [0.25, 0.3) is 0 Å². The highest BCUT2D eigenvalue weighted by molar-refractivity contribution is 6.25. The second-order valence-corrected chi connectivity index (χ2v) is 10.7. The molecule has 0 fully saturated rings. The van der Waals surface area contributed by atoms with Crippen LogP contribution in [0.15, 0.2) is 34.8 Å². The first-order valence-electron chi connectivity index (χ1n) is 12.7. The number of carbonyl (C=O) groups excluding carboxylic acids is 3. The fourth-order valence-corrected chi connectivity index (χ4v) is 6.19. The Hall–Kier alpha value is -3.17. The van der Waals surface area contributed by atoms with Gasteiger partial charge in [0.05, 0.1) is 18.2 Å². The van der Waals surface area contributed by atoms with Crippen LogP contribution in [0.5, 0.6) is 5.75 Å². The van der Waals surface area contributed by atoms with Crippen molar-refractivity contribution in [1.29, 1.82) is 0 Å². The minimum atomic E-state index is -2.51. The van der Waals surface area contributed by atoms with Crippen molar-refractivity contribution in [3.05, 3.63) is 45.9 Å². The monoisotopic (exact) mass is 512 g/mol. The Labute approximate surface area is 217 Å². The third kappa shape index (κ3) is 3.95. The van der Waals surface area contributed by atoms with Crippen LogP contribution in [0, 0.1) is 11.8 Å². The number of aliphatic hydroxyl groups is 3. The summed E-state index contributed by atoms with van der Waals surface area (Å²) in [5, 5.41) is 34.2. The highest BCUT2D eigenvalue weighted by Crippen LogP contribution is 2.53. The molecule has 1 aromatic carbocycles. The van der Waals surface area contributed by atoms with Crippen molar-refractivity contribution in [2.24, 2.45) is 11.8 Å². The fraction of sp³-hybridized carbons (Fsp3) is 0.536. The summed E-state index contributed by atoms with van der Waals surface area (Å²) < 4.78 is 5.96. The molecule has 0 amide bonds. The Morgan fingerprint density at radius 2 is 1.84 bits per heavy atom. The van der Waals surface area contributed by atoms with Crippen molar-refractivity contribution < 1.29 is 34.4 Å². The Bertz CT molecular complexity index is 1230. The molecular formula is C28H36N2O7. The van der Waals surface area contributed by atoms with Gasteiger partial charge in [-0.15, -0.1) is 0 Å². The maximum absolute atomic E-state index is 14.0. The van der Waals surface area contributed by atoms with E-state index in [-0.39, 0.29) is 12.0 Å². The maximum atomic E-state index is 14.0. The van der Waals surface area contributed by atoms with Gasteiger partial charge in [-0.2, -0.15) is 0 Å². The quantitative estimate of drug-likeness (QED) is 0.373. The number of ketones is 3. The normalized spacial score (nSPS) is 27.2. The Kier molecular flexibility index (Phi) is 6.98. The van der Waals surface area contributed by atoms with E-state index < -0.39 is 57.9 Å². The number of rotatable bonds is 7. The van der Waals surface area contributed by atoms with Gasteiger partial charge in [-0.25, -0.2) is 0 Å². The third-order valence-electron chi connectivity index (χ3n) is 7.91. The standard InChI is InChI=1S/C28H36N2O7/c1-7-8-11-37-19-10-9-18(29(3)4)16-12-15-13-17-23(30(5)6)25(33)20(14(2)31)26(34)28(17,36)27(35)21(15)24(32)22(16)19/h9-10,15,17,23,33,35-36H,7-8,11-13H2,1-6H3/t15-,17-,23?,28+/m0/s1. The number of unbranched alkanes of at least 4 members (excludes halogenated alkanes) is 1. The first-order valence-corrected chi connectivity index (χ1v) is 12.7. The van der Waals surface area contributed by atoms with Gasteiger partial charge in [-0.05, 0) is 63.9 Å². The fourth-order valence-electron chi connectivity index (χ4n) is 6.19. The summed E-state index contributed by atoms with van der Waals surface area (Å²) in [4.78, 5) is 43.4. The topological polar surface area (TPSA) is 128 Å². The molecule has 4 rings (SSSR count). The average molecular weight is 513 g/mol. The number of hydrogen-bond acceptors (Lipinski definition) is 9. The van der Waals surface area contributed by atoms with E-state index in [9.17, 15) is 29.7 Å². The lowest BCUT2D eigenvalue weighted by atomic mass is 9.58. The van der Waals surface area contributed by atoms with E-state index in [1.54, 1.807) is 25.1 Å². The average Bonchev–Trinajstić information content (AvgIpc) is 2.81. The van der Waals surface area contributed by atoms with Crippen LogP contribution < -0.4 is 9.64 Å². The summed E-state index contributed by atoms with van der Waals surface area (Å²) in [5.74, 6) is -4.52. The van der Waals surface area contributed by atoms with Crippen molar-refractivity contribution in [3.8, 4) is 5.75 Å². The van der Waals surface area contributed by atoms with E-state index in [1.807, 2.05) is 32.0 Å². The molecule has 1 unspecified atom stereocenters. The second-order valence-electron chi connectivity index (χ2n) is 10.7. The van der Waals surface area contributed by atoms with Gasteiger partial charge in [-0.1, -0.05) is 13.3 Å². The number of nitrogens with zero attached hydrogens (tertiary/aromatic N) is 2. The molecular weight excluding hydrogens is 476 g/mol. The molecule has 4 atom stereocenters. The smallest absolute Gasteiger partial charge is 0.209 e. The molecule has 9 heteroatoms. The molecule has 0 saturated heterocycles. The second kappa shape index (κ2) is 9.61. The lowest BCUT2D eigenvalue weighted by Crippen LogP contribution is -2.63. The Morgan fingerprint density at radius 1 is 1.16 bits per heavy atom. The largest absolute Gasteiger partial charge is 0.510 e. The zero-order valence-corrected chi connectivity index (χ0v) is 22.3. The molecule has 37 heavy (non-hydrogen) atoms. The molecule has 1 aromatic rings. The molecule has 3 aliphatic rings. The van der Waals surface area contributed by atoms with Crippen LogP contribution in [-0.2, 0) is 16.0 Å². The number of carbonyl (C=O) groups is 3. The summed E-state index contributed by atoms with van der Waals surface area (Å²) in [6, 6.07) is 2.74. The van der Waals surface area contributed by atoms with Crippen molar-refractivity contribution in [3.63, 3.8) is 0 Å². The van der Waals surface area contributed by atoms with E-state index >= 15 is 0 Å². The first kappa shape index (κ1) is 26.9. The van der Waals surface area contributed by atoms with E-state index in [0.29, 0.717) is 24.3 Å². The molecule has 0 radical (unpaired) electrons. The number of ether oxygens (including phenoxy) is 1. The Balaban J connectivity index is 1.93. The van der Waals surface area contributed by atoms with Crippen molar-refractivity contribution in [2.45, 2.75) is 51.2 Å². The number of hydrogen-bond donors (Lipinski definition) is 3. The number of anilines is 1. The zero-order chi connectivity index (χ0) is 27.4. The zero-order valence-electron chi connectivity index (χ0n) is 22.3. The predicted molar refractivity (Wildman–Crippen MR) is 138 cm³/mol. The summed E-state index contributed by atoms with van der Waals surface area (Å²) in [5.41, 5.74) is -1.15. The van der Waals surface area contributed by atoms with Gasteiger partial charge in [0.2, 0.25) is 5.78 Å². The third-order valence-corrected chi connectivity index (χ3v) is 7.91. The molecule has 3 N–H and O–H groups in total. The molecule has 0 heterocycles. The van der Waals surface area contributed by atoms with E-state index in [4.69, 9.17) is 4.74 Å². The van der Waals surface area contributed by atoms with E-state index in [1.165, 1.54) is 0 Å². The molecule has 9 nitrogen and oxygen atoms in total. The summed E-state index contributed by atoms with van der Waals surface area (Å²) in [6.45, 7) is 3.59. The molecule has 0 aliphatic heterocycles. The van der Waals surface area contributed by atoms with Crippen molar-refractivity contribution in [1.82, 2.24) is 4.90 Å². The molecule has 0 bridgehead atoms. The van der Waals surface area contributed by atoms with Crippen molar-refractivity contribution in [2.75, 3.05) is 39.7 Å². The maximum Gasteiger partial charge on any atom is 0.209 e. The van der Waals surface area contributed by atoms with Crippen LogP contribution in [0.3, 0.4) is 0 Å². The SMILES string of the molecule is CCCCOc1ccc(N(C)C)c2c1C(=O)C1=C(O)[C@]3(O)C(=O)C(C(C)=O)=C(O)C(N(C)C)[C@@H]3C[C@@H]1C2. The van der Waals surface area contributed by atoms with Crippen LogP contribution >= 0.6 is 0 Å². The number of allylic oxidation sites excluding steroid dienone is 1. The number of likely N-dealkylation sites (N-methyl/N-ethyl adjacent to an activating group) is 1. The first-order chi connectivity index (χ1) is 17.4. The van der Waals surface area contributed by atoms with Gasteiger partial charge in [-0.3, -0.25) is 19.3 Å². The van der Waals surface area contributed by atoms with Crippen LogP contribution in [0.1, 0.15) is 49.0 Å². The predicted octanol–water partition coefficient (Wildman–Crippen LogP) is 2.76. The molecule has 3 aliphatic carbocycles. The molecule has 200 valence electrons. The van der Waals surface area contributed by atoms with Gasteiger partial charge >= 0.3 is 0 Å². The molecule has 0 saturated carbocycles. The number of Topliss-reactive ketones (excluding diaryl/α,β-unsaturated/α-hetero) is 3. The lowest BCUT2D eigenvalue weighted by molar-refractivity contribution is -0.148. The van der Waals surface area contributed by atoms with Gasteiger partial charge in [0.15, 0.2) is 17.2 Å². The van der Waals surface area contributed by atoms with Gasteiger partial charge in [0.1, 0.15) is 22.8 Å². The summed E-state index contributed by atoms with van der Waals surface area (Å²) in [7, 11) is 7.09. The number of aliphatic hydroxyl groups excluding tert-OH is 2. The van der Waals surface area contributed by atoms with Crippen LogP contribution in [-0.4, -0.2) is 84.0 Å². The number of benzene rings is 1. The highest BCUT2D eigenvalue weighted by Gasteiger charge is 2.63. The number of fused-ring (bicyclic) bond motifs is 3. The van der Waals surface area contributed by atoms with E-state index in [2.05, 4.69) is 0 Å². The van der Waals surface area contributed by atoms with Gasteiger partial charge < -0.3 is 25.0 Å². The minimum Gasteiger partial charge on any atom is -0.510 e. The Morgan fingerprint density at radius 3 is 2.41 bits per heavy atom. The van der Waals surface area contributed by atoms with Gasteiger partial charge in [0.25, 0.3) is 0 Å². The van der Waals surface area contributed by atoms with Crippen molar-refractivity contribution >= 4 is 23.0 Å². The summed E-state index contributed by atoms with van der Waals surface area (Å²) >= 11 is 0. The van der Waals surface area contributed by atoms with Crippen LogP contribution in [0.4, 0.5) is 5.69 Å². The summed E-state index contributed by atoms with van der Waals surface area (Å²) in [6.07, 6.45) is 2.26. The van der Waals surface area contributed by atoms with Crippen LogP contribution in [0.2, 0.25) is 0 Å².